The Labute approximate surface area is 133 Å². The largest absolute Gasteiger partial charge is 0.372 e. The van der Waals surface area contributed by atoms with Gasteiger partial charge < -0.3 is 9.72 Å². The van der Waals surface area contributed by atoms with E-state index >= 15 is 0 Å². The Bertz CT molecular complexity index is 746. The SMILES string of the molecule is CN(Cc1cc2cnccc2[nH]1)CC1OCCc2sccc21. The molecular formula is C17H19N3OS. The van der Waals surface area contributed by atoms with Crippen molar-refractivity contribution in [3.05, 3.63) is 52.1 Å². The summed E-state index contributed by atoms with van der Waals surface area (Å²) >= 11 is 1.85. The third-order valence-electron chi connectivity index (χ3n) is 4.17. The molecule has 5 heteroatoms. The number of likely N-dealkylation sites (N-methyl/N-ethyl adjacent to an activating group) is 1. The number of aromatic amines is 1. The number of ether oxygens (including phenoxy) is 1. The second-order valence-electron chi connectivity index (χ2n) is 5.86. The van der Waals surface area contributed by atoms with Crippen LogP contribution in [-0.2, 0) is 17.7 Å². The molecule has 1 aliphatic rings. The predicted molar refractivity (Wildman–Crippen MR) is 89.1 cm³/mol. The summed E-state index contributed by atoms with van der Waals surface area (Å²) in [7, 11) is 2.15. The van der Waals surface area contributed by atoms with Crippen molar-refractivity contribution >= 4 is 22.2 Å². The first-order chi connectivity index (χ1) is 10.8. The highest BCUT2D eigenvalue weighted by Gasteiger charge is 2.23. The highest BCUT2D eigenvalue weighted by molar-refractivity contribution is 7.10. The average molecular weight is 313 g/mol. The number of thiophene rings is 1. The Balaban J connectivity index is 1.46. The zero-order valence-corrected chi connectivity index (χ0v) is 13.4. The van der Waals surface area contributed by atoms with Crippen LogP contribution >= 0.6 is 11.3 Å². The van der Waals surface area contributed by atoms with E-state index in [9.17, 15) is 0 Å². The maximum atomic E-state index is 5.97. The van der Waals surface area contributed by atoms with E-state index in [1.165, 1.54) is 21.5 Å². The van der Waals surface area contributed by atoms with Gasteiger partial charge >= 0.3 is 0 Å². The van der Waals surface area contributed by atoms with Crippen molar-refractivity contribution in [3.8, 4) is 0 Å². The van der Waals surface area contributed by atoms with Gasteiger partial charge in [0.25, 0.3) is 0 Å². The van der Waals surface area contributed by atoms with E-state index in [1.54, 1.807) is 0 Å². The second-order valence-corrected chi connectivity index (χ2v) is 6.86. The van der Waals surface area contributed by atoms with E-state index in [2.05, 4.69) is 39.4 Å². The Morgan fingerprint density at radius 3 is 3.32 bits per heavy atom. The highest BCUT2D eigenvalue weighted by atomic mass is 32.1. The summed E-state index contributed by atoms with van der Waals surface area (Å²) in [5.41, 5.74) is 3.74. The first-order valence-corrected chi connectivity index (χ1v) is 8.45. The van der Waals surface area contributed by atoms with E-state index in [1.807, 2.05) is 29.8 Å². The van der Waals surface area contributed by atoms with Crippen LogP contribution in [0.1, 0.15) is 22.2 Å². The van der Waals surface area contributed by atoms with Crippen molar-refractivity contribution < 1.29 is 4.74 Å². The van der Waals surface area contributed by atoms with E-state index in [0.717, 1.165) is 31.6 Å². The first kappa shape index (κ1) is 13.9. The number of H-pyrrole nitrogens is 1. The van der Waals surface area contributed by atoms with Gasteiger partial charge in [-0.1, -0.05) is 0 Å². The lowest BCUT2D eigenvalue weighted by molar-refractivity contribution is 0.0206. The van der Waals surface area contributed by atoms with Gasteiger partial charge in [0.05, 0.1) is 12.7 Å². The number of hydrogen-bond donors (Lipinski definition) is 1. The number of nitrogens with zero attached hydrogens (tertiary/aromatic N) is 2. The molecule has 3 aromatic rings. The maximum absolute atomic E-state index is 5.97. The molecule has 0 fully saturated rings. The molecule has 0 spiro atoms. The quantitative estimate of drug-likeness (QED) is 0.803. The molecular weight excluding hydrogens is 294 g/mol. The summed E-state index contributed by atoms with van der Waals surface area (Å²) in [6.45, 7) is 2.63. The van der Waals surface area contributed by atoms with Crippen LogP contribution in [0.3, 0.4) is 0 Å². The minimum absolute atomic E-state index is 0.200. The van der Waals surface area contributed by atoms with E-state index < -0.39 is 0 Å². The van der Waals surface area contributed by atoms with Gasteiger partial charge in [-0.3, -0.25) is 9.88 Å². The van der Waals surface area contributed by atoms with Gasteiger partial charge in [0.15, 0.2) is 0 Å². The van der Waals surface area contributed by atoms with Gasteiger partial charge in [-0.05, 0) is 36.2 Å². The second kappa shape index (κ2) is 5.83. The molecule has 0 aliphatic carbocycles. The van der Waals surface area contributed by atoms with Crippen LogP contribution in [0.2, 0.25) is 0 Å². The lowest BCUT2D eigenvalue weighted by Crippen LogP contribution is -2.28. The summed E-state index contributed by atoms with van der Waals surface area (Å²) in [6.07, 6.45) is 4.98. The zero-order valence-electron chi connectivity index (χ0n) is 12.6. The minimum atomic E-state index is 0.200. The normalized spacial score (nSPS) is 18.0. The molecule has 0 saturated heterocycles. The van der Waals surface area contributed by atoms with Crippen molar-refractivity contribution in [1.29, 1.82) is 0 Å². The molecule has 1 unspecified atom stereocenters. The molecule has 0 bridgehead atoms. The molecule has 1 aliphatic heterocycles. The molecule has 3 aromatic heterocycles. The van der Waals surface area contributed by atoms with Crippen molar-refractivity contribution in [2.24, 2.45) is 0 Å². The Morgan fingerprint density at radius 1 is 1.45 bits per heavy atom. The smallest absolute Gasteiger partial charge is 0.0962 e. The summed E-state index contributed by atoms with van der Waals surface area (Å²) in [6, 6.07) is 6.41. The third-order valence-corrected chi connectivity index (χ3v) is 5.17. The van der Waals surface area contributed by atoms with Crippen LogP contribution in [0.15, 0.2) is 36.0 Å². The Kier molecular flexibility index (Phi) is 3.70. The fourth-order valence-electron chi connectivity index (χ4n) is 3.13. The highest BCUT2D eigenvalue weighted by Crippen LogP contribution is 2.31. The summed E-state index contributed by atoms with van der Waals surface area (Å²) in [5, 5.41) is 3.34. The molecule has 4 rings (SSSR count). The molecule has 1 N–H and O–H groups in total. The lowest BCUT2D eigenvalue weighted by atomic mass is 10.1. The van der Waals surface area contributed by atoms with Crippen molar-refractivity contribution in [2.45, 2.75) is 19.1 Å². The van der Waals surface area contributed by atoms with Crippen molar-refractivity contribution in [3.63, 3.8) is 0 Å². The molecule has 114 valence electrons. The number of aromatic nitrogens is 2. The molecule has 4 nitrogen and oxygen atoms in total. The Hall–Kier alpha value is -1.69. The van der Waals surface area contributed by atoms with Gasteiger partial charge in [-0.2, -0.15) is 0 Å². The maximum Gasteiger partial charge on any atom is 0.0962 e. The molecule has 4 heterocycles. The number of nitrogens with one attached hydrogen (secondary N) is 1. The van der Waals surface area contributed by atoms with Crippen LogP contribution in [0, 0.1) is 0 Å². The van der Waals surface area contributed by atoms with Gasteiger partial charge in [0, 0.05) is 53.4 Å². The fraction of sp³-hybridized carbons (Fsp3) is 0.353. The number of fused-ring (bicyclic) bond motifs is 2. The zero-order chi connectivity index (χ0) is 14.9. The third kappa shape index (κ3) is 2.67. The van der Waals surface area contributed by atoms with Crippen LogP contribution in [-0.4, -0.2) is 35.1 Å². The molecule has 0 aromatic carbocycles. The molecule has 0 saturated carbocycles. The summed E-state index contributed by atoms with van der Waals surface area (Å²) in [5.74, 6) is 0. The standard InChI is InChI=1S/C17H19N3OS/c1-20(10-13-8-12-9-18-5-2-15(12)19-13)11-16-14-4-7-22-17(14)3-6-21-16/h2,4-5,7-9,16,19H,3,6,10-11H2,1H3. The number of rotatable bonds is 4. The molecule has 0 amide bonds. The van der Waals surface area contributed by atoms with Crippen LogP contribution in [0.25, 0.3) is 10.9 Å². The summed E-state index contributed by atoms with van der Waals surface area (Å²) in [4.78, 5) is 11.4. The molecule has 1 atom stereocenters. The van der Waals surface area contributed by atoms with Crippen LogP contribution < -0.4 is 0 Å². The fourth-order valence-corrected chi connectivity index (χ4v) is 4.05. The van der Waals surface area contributed by atoms with Gasteiger partial charge in [-0.15, -0.1) is 11.3 Å². The topological polar surface area (TPSA) is 41.2 Å². The Morgan fingerprint density at radius 2 is 2.41 bits per heavy atom. The van der Waals surface area contributed by atoms with Crippen LogP contribution in [0.4, 0.5) is 0 Å². The van der Waals surface area contributed by atoms with Crippen LogP contribution in [0.5, 0.6) is 0 Å². The minimum Gasteiger partial charge on any atom is -0.372 e. The summed E-state index contributed by atoms with van der Waals surface area (Å²) < 4.78 is 5.97. The van der Waals surface area contributed by atoms with Crippen molar-refractivity contribution in [1.82, 2.24) is 14.9 Å². The van der Waals surface area contributed by atoms with E-state index in [0.29, 0.717) is 0 Å². The predicted octanol–water partition coefficient (Wildman–Crippen LogP) is 3.37. The number of pyridine rings is 1. The lowest BCUT2D eigenvalue weighted by Gasteiger charge is -2.27. The number of hydrogen-bond acceptors (Lipinski definition) is 4. The molecule has 22 heavy (non-hydrogen) atoms. The van der Waals surface area contributed by atoms with Gasteiger partial charge in [-0.25, -0.2) is 0 Å². The van der Waals surface area contributed by atoms with E-state index in [-0.39, 0.29) is 6.10 Å². The van der Waals surface area contributed by atoms with Gasteiger partial charge in [0.1, 0.15) is 0 Å². The monoisotopic (exact) mass is 313 g/mol. The van der Waals surface area contributed by atoms with Crippen molar-refractivity contribution in [2.75, 3.05) is 20.2 Å². The van der Waals surface area contributed by atoms with Gasteiger partial charge in [0.2, 0.25) is 0 Å². The molecule has 0 radical (unpaired) electrons. The van der Waals surface area contributed by atoms with E-state index in [4.69, 9.17) is 4.74 Å². The average Bonchev–Trinajstić information content (AvgIpc) is 3.12. The first-order valence-electron chi connectivity index (χ1n) is 7.57.